The summed E-state index contributed by atoms with van der Waals surface area (Å²) < 4.78 is 9.56. The Morgan fingerprint density at radius 3 is 2.89 bits per heavy atom. The SMILES string of the molecule is O=C(Nc1cnn(CC2CCCCO2)c1)c1ccc(Cn2ccnc2)cc1. The minimum Gasteiger partial charge on any atom is -0.376 e. The molecule has 4 rings (SSSR count). The van der Waals surface area contributed by atoms with Crippen LogP contribution in [0, 0.1) is 0 Å². The maximum Gasteiger partial charge on any atom is 0.255 e. The number of hydrogen-bond donors (Lipinski definition) is 1. The van der Waals surface area contributed by atoms with Gasteiger partial charge in [-0.15, -0.1) is 0 Å². The van der Waals surface area contributed by atoms with Crippen molar-refractivity contribution in [1.29, 1.82) is 0 Å². The van der Waals surface area contributed by atoms with Crippen molar-refractivity contribution in [2.45, 2.75) is 38.5 Å². The number of nitrogens with zero attached hydrogens (tertiary/aromatic N) is 4. The lowest BCUT2D eigenvalue weighted by Gasteiger charge is -2.22. The zero-order valence-corrected chi connectivity index (χ0v) is 15.1. The van der Waals surface area contributed by atoms with Crippen LogP contribution in [0.3, 0.4) is 0 Å². The number of imidazole rings is 1. The molecule has 7 heteroatoms. The van der Waals surface area contributed by atoms with E-state index in [1.54, 1.807) is 18.7 Å². The molecule has 1 unspecified atom stereocenters. The van der Waals surface area contributed by atoms with Crippen molar-refractivity contribution in [3.05, 3.63) is 66.5 Å². The van der Waals surface area contributed by atoms with Gasteiger partial charge in [-0.1, -0.05) is 12.1 Å². The number of aromatic nitrogens is 4. The van der Waals surface area contributed by atoms with Crippen LogP contribution in [0.2, 0.25) is 0 Å². The van der Waals surface area contributed by atoms with E-state index in [2.05, 4.69) is 15.4 Å². The van der Waals surface area contributed by atoms with Crippen LogP contribution in [0.15, 0.2) is 55.4 Å². The molecule has 7 nitrogen and oxygen atoms in total. The van der Waals surface area contributed by atoms with Crippen molar-refractivity contribution in [3.63, 3.8) is 0 Å². The van der Waals surface area contributed by atoms with Gasteiger partial charge in [0.15, 0.2) is 0 Å². The average molecular weight is 365 g/mol. The van der Waals surface area contributed by atoms with Crippen LogP contribution in [-0.2, 0) is 17.8 Å². The summed E-state index contributed by atoms with van der Waals surface area (Å²) in [5, 5.41) is 7.23. The Labute approximate surface area is 158 Å². The molecule has 3 aromatic rings. The van der Waals surface area contributed by atoms with E-state index in [-0.39, 0.29) is 12.0 Å². The summed E-state index contributed by atoms with van der Waals surface area (Å²) in [7, 11) is 0. The molecule has 0 spiro atoms. The van der Waals surface area contributed by atoms with Crippen molar-refractivity contribution in [2.75, 3.05) is 11.9 Å². The van der Waals surface area contributed by atoms with Gasteiger partial charge in [-0.05, 0) is 37.0 Å². The van der Waals surface area contributed by atoms with E-state index in [4.69, 9.17) is 4.74 Å². The van der Waals surface area contributed by atoms with Crippen molar-refractivity contribution >= 4 is 11.6 Å². The number of amides is 1. The highest BCUT2D eigenvalue weighted by Crippen LogP contribution is 2.16. The highest BCUT2D eigenvalue weighted by Gasteiger charge is 2.15. The van der Waals surface area contributed by atoms with E-state index in [9.17, 15) is 4.79 Å². The van der Waals surface area contributed by atoms with E-state index >= 15 is 0 Å². The largest absolute Gasteiger partial charge is 0.376 e. The van der Waals surface area contributed by atoms with Gasteiger partial charge < -0.3 is 14.6 Å². The molecule has 0 radical (unpaired) electrons. The number of ether oxygens (including phenoxy) is 1. The number of carbonyl (C=O) groups is 1. The third-order valence-corrected chi connectivity index (χ3v) is 4.70. The second-order valence-electron chi connectivity index (χ2n) is 6.83. The summed E-state index contributed by atoms with van der Waals surface area (Å²) in [6.45, 7) is 2.28. The lowest BCUT2D eigenvalue weighted by atomic mass is 10.1. The molecule has 1 fully saturated rings. The van der Waals surface area contributed by atoms with Gasteiger partial charge in [-0.25, -0.2) is 4.98 Å². The molecule has 1 atom stereocenters. The van der Waals surface area contributed by atoms with Gasteiger partial charge in [-0.3, -0.25) is 9.48 Å². The Balaban J connectivity index is 1.33. The fourth-order valence-corrected chi connectivity index (χ4v) is 3.24. The van der Waals surface area contributed by atoms with Gasteiger partial charge in [0.1, 0.15) is 0 Å². The number of anilines is 1. The zero-order valence-electron chi connectivity index (χ0n) is 15.1. The Bertz CT molecular complexity index is 864. The summed E-state index contributed by atoms with van der Waals surface area (Å²) in [4.78, 5) is 16.5. The van der Waals surface area contributed by atoms with Crippen molar-refractivity contribution in [3.8, 4) is 0 Å². The lowest BCUT2D eigenvalue weighted by molar-refractivity contribution is 0.00401. The summed E-state index contributed by atoms with van der Waals surface area (Å²) in [5.74, 6) is -0.141. The second kappa shape index (κ2) is 8.18. The zero-order chi connectivity index (χ0) is 18.5. The molecule has 0 bridgehead atoms. The van der Waals surface area contributed by atoms with Gasteiger partial charge in [0, 0.05) is 37.3 Å². The molecule has 1 aliphatic heterocycles. The smallest absolute Gasteiger partial charge is 0.255 e. The monoisotopic (exact) mass is 365 g/mol. The van der Waals surface area contributed by atoms with Crippen LogP contribution in [0.1, 0.15) is 35.2 Å². The Morgan fingerprint density at radius 1 is 1.26 bits per heavy atom. The lowest BCUT2D eigenvalue weighted by Crippen LogP contribution is -2.24. The van der Waals surface area contributed by atoms with Gasteiger partial charge in [0.2, 0.25) is 0 Å². The fourth-order valence-electron chi connectivity index (χ4n) is 3.24. The highest BCUT2D eigenvalue weighted by molar-refractivity contribution is 6.04. The van der Waals surface area contributed by atoms with Crippen LogP contribution in [0.5, 0.6) is 0 Å². The third kappa shape index (κ3) is 4.62. The maximum absolute atomic E-state index is 12.5. The third-order valence-electron chi connectivity index (χ3n) is 4.70. The summed E-state index contributed by atoms with van der Waals surface area (Å²) in [6, 6.07) is 7.58. The minimum atomic E-state index is -0.141. The van der Waals surface area contributed by atoms with Crippen LogP contribution in [-0.4, -0.2) is 37.9 Å². The van der Waals surface area contributed by atoms with Gasteiger partial charge in [0.05, 0.1) is 30.9 Å². The number of rotatable bonds is 6. The molecule has 0 aliphatic carbocycles. The van der Waals surface area contributed by atoms with E-state index in [0.717, 1.165) is 38.1 Å². The van der Waals surface area contributed by atoms with Crippen LogP contribution in [0.4, 0.5) is 5.69 Å². The van der Waals surface area contributed by atoms with Crippen LogP contribution in [0.25, 0.3) is 0 Å². The number of benzene rings is 1. The molecule has 140 valence electrons. The first-order chi connectivity index (χ1) is 13.3. The summed E-state index contributed by atoms with van der Waals surface area (Å²) in [5.41, 5.74) is 2.43. The summed E-state index contributed by atoms with van der Waals surface area (Å²) >= 11 is 0. The molecular formula is C20H23N5O2. The number of hydrogen-bond acceptors (Lipinski definition) is 4. The van der Waals surface area contributed by atoms with Crippen LogP contribution < -0.4 is 5.32 Å². The topological polar surface area (TPSA) is 74.0 Å². The molecule has 27 heavy (non-hydrogen) atoms. The first-order valence-electron chi connectivity index (χ1n) is 9.26. The minimum absolute atomic E-state index is 0.141. The second-order valence-corrected chi connectivity index (χ2v) is 6.83. The predicted molar refractivity (Wildman–Crippen MR) is 102 cm³/mol. The van der Waals surface area contributed by atoms with E-state index < -0.39 is 0 Å². The van der Waals surface area contributed by atoms with Gasteiger partial charge in [-0.2, -0.15) is 5.10 Å². The molecule has 1 saturated heterocycles. The van der Waals surface area contributed by atoms with E-state index in [1.807, 2.05) is 45.9 Å². The standard InChI is InChI=1S/C20H23N5O2/c26-20(17-6-4-16(5-7-17)12-24-9-8-21-15-24)23-18-11-22-25(13-18)14-19-3-1-2-10-27-19/h4-9,11,13,15,19H,1-3,10,12,14H2,(H,23,26). The maximum atomic E-state index is 12.5. The predicted octanol–water partition coefficient (Wildman–Crippen LogP) is 2.95. The molecule has 0 saturated carbocycles. The number of carbonyl (C=O) groups excluding carboxylic acids is 1. The first kappa shape index (κ1) is 17.5. The van der Waals surface area contributed by atoms with Crippen LogP contribution >= 0.6 is 0 Å². The van der Waals surface area contributed by atoms with Gasteiger partial charge in [0.25, 0.3) is 5.91 Å². The Hall–Kier alpha value is -2.93. The molecule has 1 amide bonds. The average Bonchev–Trinajstić information content (AvgIpc) is 3.35. The van der Waals surface area contributed by atoms with Gasteiger partial charge >= 0.3 is 0 Å². The molecule has 1 N–H and O–H groups in total. The molecular weight excluding hydrogens is 342 g/mol. The normalized spacial score (nSPS) is 17.0. The molecule has 1 aliphatic rings. The number of nitrogens with one attached hydrogen (secondary N) is 1. The Morgan fingerprint density at radius 2 is 2.15 bits per heavy atom. The highest BCUT2D eigenvalue weighted by atomic mass is 16.5. The summed E-state index contributed by atoms with van der Waals surface area (Å²) in [6.07, 6.45) is 12.6. The van der Waals surface area contributed by atoms with E-state index in [1.165, 1.54) is 6.42 Å². The molecule has 2 aromatic heterocycles. The van der Waals surface area contributed by atoms with Crippen molar-refractivity contribution in [2.24, 2.45) is 0 Å². The van der Waals surface area contributed by atoms with Crippen molar-refractivity contribution in [1.82, 2.24) is 19.3 Å². The molecule has 1 aromatic carbocycles. The fraction of sp³-hybridized carbons (Fsp3) is 0.350. The first-order valence-corrected chi connectivity index (χ1v) is 9.26. The molecule has 3 heterocycles. The Kier molecular flexibility index (Phi) is 5.29. The quantitative estimate of drug-likeness (QED) is 0.729. The van der Waals surface area contributed by atoms with E-state index in [0.29, 0.717) is 11.3 Å². The van der Waals surface area contributed by atoms with Crippen molar-refractivity contribution < 1.29 is 9.53 Å².